The fourth-order valence-corrected chi connectivity index (χ4v) is 4.37. The van der Waals surface area contributed by atoms with Crippen molar-refractivity contribution in [3.05, 3.63) is 53.0 Å². The van der Waals surface area contributed by atoms with E-state index < -0.39 is 0 Å². The number of aromatic amines is 1. The van der Waals surface area contributed by atoms with Crippen LogP contribution in [0.1, 0.15) is 36.0 Å². The number of aryl methyl sites for hydroxylation is 1. The van der Waals surface area contributed by atoms with Gasteiger partial charge in [-0.1, -0.05) is 17.3 Å². The molecule has 0 spiro atoms. The Hall–Kier alpha value is -2.51. The summed E-state index contributed by atoms with van der Waals surface area (Å²) in [7, 11) is 0. The van der Waals surface area contributed by atoms with E-state index in [1.165, 1.54) is 5.56 Å². The predicted molar refractivity (Wildman–Crippen MR) is 106 cm³/mol. The Labute approximate surface area is 161 Å². The number of benzene rings is 1. The third kappa shape index (κ3) is 3.40. The van der Waals surface area contributed by atoms with Crippen molar-refractivity contribution >= 4 is 22.4 Å². The highest BCUT2D eigenvalue weighted by molar-refractivity contribution is 7.13. The molecule has 3 aromatic heterocycles. The lowest BCUT2D eigenvalue weighted by molar-refractivity contribution is 0.179. The summed E-state index contributed by atoms with van der Waals surface area (Å²) in [5.74, 6) is 2.98. The van der Waals surface area contributed by atoms with Gasteiger partial charge < -0.3 is 9.51 Å². The van der Waals surface area contributed by atoms with Crippen molar-refractivity contribution in [3.8, 4) is 10.7 Å². The van der Waals surface area contributed by atoms with Crippen molar-refractivity contribution in [2.24, 2.45) is 0 Å². The molecule has 7 heteroatoms. The first-order valence-corrected chi connectivity index (χ1v) is 10.2. The normalized spacial score (nSPS) is 16.3. The quantitative estimate of drug-likeness (QED) is 0.570. The van der Waals surface area contributed by atoms with Crippen LogP contribution in [-0.4, -0.2) is 38.1 Å². The van der Waals surface area contributed by atoms with Gasteiger partial charge in [-0.15, -0.1) is 11.3 Å². The van der Waals surface area contributed by atoms with Crippen LogP contribution in [0.25, 0.3) is 21.7 Å². The van der Waals surface area contributed by atoms with Crippen LogP contribution in [0.15, 0.2) is 40.2 Å². The Morgan fingerprint density at radius 3 is 2.93 bits per heavy atom. The highest BCUT2D eigenvalue weighted by Crippen LogP contribution is 2.29. The van der Waals surface area contributed by atoms with E-state index in [0.717, 1.165) is 47.7 Å². The molecule has 1 aliphatic rings. The number of rotatable bonds is 4. The number of thiophene rings is 1. The maximum absolute atomic E-state index is 5.44. The van der Waals surface area contributed by atoms with Gasteiger partial charge in [-0.25, -0.2) is 4.98 Å². The van der Waals surface area contributed by atoms with Crippen LogP contribution < -0.4 is 0 Å². The lowest BCUT2D eigenvalue weighted by Gasteiger charge is -2.29. The first-order valence-electron chi connectivity index (χ1n) is 9.30. The molecule has 1 N–H and O–H groups in total. The Morgan fingerprint density at radius 2 is 2.11 bits per heavy atom. The first-order chi connectivity index (χ1) is 13.2. The van der Waals surface area contributed by atoms with Gasteiger partial charge in [-0.3, -0.25) is 4.90 Å². The van der Waals surface area contributed by atoms with Gasteiger partial charge in [0.15, 0.2) is 0 Å². The highest BCUT2D eigenvalue weighted by Gasteiger charge is 2.24. The zero-order valence-electron chi connectivity index (χ0n) is 15.2. The number of fused-ring (bicyclic) bond motifs is 1. The van der Waals surface area contributed by atoms with Crippen LogP contribution in [0, 0.1) is 6.92 Å². The van der Waals surface area contributed by atoms with Crippen LogP contribution in [0.3, 0.4) is 0 Å². The minimum absolute atomic E-state index is 0.485. The molecule has 1 fully saturated rings. The third-order valence-corrected chi connectivity index (χ3v) is 6.06. The lowest BCUT2D eigenvalue weighted by atomic mass is 9.96. The van der Waals surface area contributed by atoms with Crippen LogP contribution in [0.2, 0.25) is 0 Å². The van der Waals surface area contributed by atoms with E-state index >= 15 is 0 Å². The predicted octanol–water partition coefficient (Wildman–Crippen LogP) is 4.36. The molecule has 0 saturated carbocycles. The topological polar surface area (TPSA) is 70.8 Å². The average molecular weight is 379 g/mol. The molecule has 0 amide bonds. The van der Waals surface area contributed by atoms with Gasteiger partial charge in [0, 0.05) is 5.92 Å². The van der Waals surface area contributed by atoms with Crippen molar-refractivity contribution in [2.45, 2.75) is 32.2 Å². The van der Waals surface area contributed by atoms with Gasteiger partial charge >= 0.3 is 0 Å². The maximum atomic E-state index is 5.44. The summed E-state index contributed by atoms with van der Waals surface area (Å²) < 4.78 is 5.44. The first kappa shape index (κ1) is 16.6. The fourth-order valence-electron chi connectivity index (χ4n) is 3.72. The molecule has 0 radical (unpaired) electrons. The van der Waals surface area contributed by atoms with E-state index in [-0.39, 0.29) is 0 Å². The number of nitrogens with zero attached hydrogens (tertiary/aromatic N) is 4. The summed E-state index contributed by atoms with van der Waals surface area (Å²) in [4.78, 5) is 16.3. The molecule has 4 heterocycles. The van der Waals surface area contributed by atoms with Crippen molar-refractivity contribution in [2.75, 3.05) is 13.1 Å². The van der Waals surface area contributed by atoms with E-state index in [1.807, 2.05) is 17.5 Å². The summed E-state index contributed by atoms with van der Waals surface area (Å²) in [6, 6.07) is 10.4. The second kappa shape index (κ2) is 6.90. The Balaban J connectivity index is 1.22. The van der Waals surface area contributed by atoms with Crippen LogP contribution in [-0.2, 0) is 6.54 Å². The zero-order valence-corrected chi connectivity index (χ0v) is 16.0. The van der Waals surface area contributed by atoms with Gasteiger partial charge in [-0.2, -0.15) is 4.98 Å². The molecule has 5 rings (SSSR count). The molecule has 0 unspecified atom stereocenters. The molecule has 6 nitrogen and oxygen atoms in total. The Bertz CT molecular complexity index is 1040. The fraction of sp³-hybridized carbons (Fsp3) is 0.350. The molecular formula is C20H21N5OS. The number of aromatic nitrogens is 4. The number of imidazole rings is 1. The molecule has 0 bridgehead atoms. The van der Waals surface area contributed by atoms with E-state index in [1.54, 1.807) is 11.3 Å². The van der Waals surface area contributed by atoms with E-state index in [4.69, 9.17) is 9.51 Å². The summed E-state index contributed by atoms with van der Waals surface area (Å²) >= 11 is 1.63. The molecular weight excluding hydrogens is 358 g/mol. The number of hydrogen-bond acceptors (Lipinski definition) is 6. The van der Waals surface area contributed by atoms with Crippen LogP contribution >= 0.6 is 11.3 Å². The molecule has 1 aliphatic heterocycles. The lowest BCUT2D eigenvalue weighted by Crippen LogP contribution is -2.32. The molecule has 4 aromatic rings. The third-order valence-electron chi connectivity index (χ3n) is 5.20. The maximum Gasteiger partial charge on any atom is 0.241 e. The molecule has 27 heavy (non-hydrogen) atoms. The minimum Gasteiger partial charge on any atom is -0.342 e. The second-order valence-corrected chi connectivity index (χ2v) is 8.13. The summed E-state index contributed by atoms with van der Waals surface area (Å²) in [6.07, 6.45) is 2.18. The SMILES string of the molecule is Cc1ccc2nc(C3CCN(Cc4nc(-c5cccs5)no4)CC3)[nH]c2c1. The molecule has 138 valence electrons. The van der Waals surface area contributed by atoms with Crippen molar-refractivity contribution in [1.82, 2.24) is 25.0 Å². The van der Waals surface area contributed by atoms with Gasteiger partial charge in [-0.05, 0) is 62.0 Å². The molecule has 0 aliphatic carbocycles. The number of nitrogens with one attached hydrogen (secondary N) is 1. The molecule has 1 saturated heterocycles. The largest absolute Gasteiger partial charge is 0.342 e. The minimum atomic E-state index is 0.485. The highest BCUT2D eigenvalue weighted by atomic mass is 32.1. The average Bonchev–Trinajstić information content (AvgIpc) is 3.42. The Kier molecular flexibility index (Phi) is 4.26. The standard InChI is InChI=1S/C20H21N5OS/c1-13-4-5-15-16(11-13)22-19(21-15)14-6-8-25(9-7-14)12-18-23-20(24-26-18)17-3-2-10-27-17/h2-5,10-11,14H,6-9,12H2,1H3,(H,21,22). The van der Waals surface area contributed by atoms with Gasteiger partial charge in [0.2, 0.25) is 11.7 Å². The van der Waals surface area contributed by atoms with E-state index in [2.05, 4.69) is 45.1 Å². The number of hydrogen-bond donors (Lipinski definition) is 1. The summed E-state index contributed by atoms with van der Waals surface area (Å²) in [6.45, 7) is 4.85. The van der Waals surface area contributed by atoms with Gasteiger partial charge in [0.05, 0.1) is 22.5 Å². The zero-order chi connectivity index (χ0) is 18.2. The number of likely N-dealkylation sites (tertiary alicyclic amines) is 1. The molecule has 0 atom stereocenters. The smallest absolute Gasteiger partial charge is 0.241 e. The van der Waals surface area contributed by atoms with Crippen LogP contribution in [0.4, 0.5) is 0 Å². The van der Waals surface area contributed by atoms with Gasteiger partial charge in [0.25, 0.3) is 0 Å². The summed E-state index contributed by atoms with van der Waals surface area (Å²) in [5.41, 5.74) is 3.46. The van der Waals surface area contributed by atoms with Gasteiger partial charge in [0.1, 0.15) is 5.82 Å². The van der Waals surface area contributed by atoms with Crippen molar-refractivity contribution < 1.29 is 4.52 Å². The van der Waals surface area contributed by atoms with Crippen molar-refractivity contribution in [3.63, 3.8) is 0 Å². The van der Waals surface area contributed by atoms with Crippen molar-refractivity contribution in [1.29, 1.82) is 0 Å². The second-order valence-electron chi connectivity index (χ2n) is 7.18. The number of H-pyrrole nitrogens is 1. The van der Waals surface area contributed by atoms with Crippen LogP contribution in [0.5, 0.6) is 0 Å². The number of piperidine rings is 1. The summed E-state index contributed by atoms with van der Waals surface area (Å²) in [5, 5.41) is 6.12. The molecule has 1 aromatic carbocycles. The van der Waals surface area contributed by atoms with E-state index in [9.17, 15) is 0 Å². The monoisotopic (exact) mass is 379 g/mol. The van der Waals surface area contributed by atoms with E-state index in [0.29, 0.717) is 24.2 Å². The Morgan fingerprint density at radius 1 is 1.22 bits per heavy atom.